The van der Waals surface area contributed by atoms with E-state index in [9.17, 15) is 9.59 Å². The Morgan fingerprint density at radius 1 is 1.03 bits per heavy atom. The molecular weight excluding hydrogens is 410 g/mol. The van der Waals surface area contributed by atoms with Crippen molar-refractivity contribution in [2.45, 2.75) is 26.9 Å². The van der Waals surface area contributed by atoms with Crippen LogP contribution in [0, 0.1) is 13.8 Å². The Hall–Kier alpha value is -3.45. The van der Waals surface area contributed by atoms with Gasteiger partial charge in [0.15, 0.2) is 6.61 Å². The molecule has 0 saturated heterocycles. The summed E-state index contributed by atoms with van der Waals surface area (Å²) in [5, 5.41) is 8.28. The third kappa shape index (κ3) is 5.00. The quantitative estimate of drug-likeness (QED) is 0.443. The first-order chi connectivity index (χ1) is 15.0. The third-order valence-electron chi connectivity index (χ3n) is 4.93. The lowest BCUT2D eigenvalue weighted by Crippen LogP contribution is -2.28. The molecular formula is C24H23N3O3S. The average Bonchev–Trinajstić information content (AvgIpc) is 3.34. The number of nitrogens with one attached hydrogen (secondary N) is 1. The molecule has 4 aromatic rings. The zero-order valence-electron chi connectivity index (χ0n) is 17.4. The highest BCUT2D eigenvalue weighted by molar-refractivity contribution is 7.20. The Morgan fingerprint density at radius 3 is 2.52 bits per heavy atom. The maximum Gasteiger partial charge on any atom is 0.348 e. The molecule has 0 radical (unpaired) electrons. The highest BCUT2D eigenvalue weighted by Crippen LogP contribution is 2.29. The van der Waals surface area contributed by atoms with Gasteiger partial charge in [-0.15, -0.1) is 11.3 Å². The van der Waals surface area contributed by atoms with Crippen molar-refractivity contribution in [2.24, 2.45) is 0 Å². The SMILES string of the molecule is Cc1ccc(CNC(=O)COC(=O)c2cc3c(C)nn(Cc4ccccc4)c3s2)cc1. The van der Waals surface area contributed by atoms with Crippen LogP contribution < -0.4 is 5.32 Å². The average molecular weight is 434 g/mol. The smallest absolute Gasteiger partial charge is 0.348 e. The minimum absolute atomic E-state index is 0.311. The van der Waals surface area contributed by atoms with E-state index in [0.29, 0.717) is 18.0 Å². The number of aromatic nitrogens is 2. The number of amides is 1. The number of benzene rings is 2. The number of hydrogen-bond acceptors (Lipinski definition) is 5. The van der Waals surface area contributed by atoms with Crippen molar-refractivity contribution >= 4 is 33.4 Å². The summed E-state index contributed by atoms with van der Waals surface area (Å²) in [6.45, 7) is 4.64. The standard InChI is InChI=1S/C24H23N3O3S/c1-16-8-10-18(11-9-16)13-25-22(28)15-30-24(29)21-12-20-17(2)26-27(23(20)31-21)14-19-6-4-3-5-7-19/h3-12H,13-15H2,1-2H3,(H,25,28). The van der Waals surface area contributed by atoms with Gasteiger partial charge in [0.25, 0.3) is 5.91 Å². The molecule has 7 heteroatoms. The summed E-state index contributed by atoms with van der Waals surface area (Å²) in [6.07, 6.45) is 0. The molecule has 0 spiro atoms. The zero-order valence-corrected chi connectivity index (χ0v) is 18.2. The van der Waals surface area contributed by atoms with E-state index >= 15 is 0 Å². The van der Waals surface area contributed by atoms with Crippen molar-refractivity contribution in [3.8, 4) is 0 Å². The molecule has 158 valence electrons. The fourth-order valence-corrected chi connectivity index (χ4v) is 4.29. The van der Waals surface area contributed by atoms with E-state index in [0.717, 1.165) is 32.6 Å². The number of fused-ring (bicyclic) bond motifs is 1. The number of rotatable bonds is 7. The Kier molecular flexibility index (Phi) is 6.13. The number of nitrogens with zero attached hydrogens (tertiary/aromatic N) is 2. The first kappa shape index (κ1) is 20.8. The molecule has 31 heavy (non-hydrogen) atoms. The molecule has 2 aromatic heterocycles. The number of ether oxygens (including phenoxy) is 1. The number of thiophene rings is 1. The Bertz CT molecular complexity index is 1210. The maximum atomic E-state index is 12.5. The van der Waals surface area contributed by atoms with Gasteiger partial charge in [-0.2, -0.15) is 5.10 Å². The van der Waals surface area contributed by atoms with Gasteiger partial charge in [0.05, 0.1) is 12.2 Å². The van der Waals surface area contributed by atoms with E-state index < -0.39 is 5.97 Å². The molecule has 1 amide bonds. The van der Waals surface area contributed by atoms with E-state index in [-0.39, 0.29) is 12.5 Å². The van der Waals surface area contributed by atoms with Crippen LogP contribution in [0.4, 0.5) is 0 Å². The first-order valence-electron chi connectivity index (χ1n) is 10.00. The van der Waals surface area contributed by atoms with E-state index in [1.807, 2.05) is 73.1 Å². The van der Waals surface area contributed by atoms with Gasteiger partial charge >= 0.3 is 5.97 Å². The molecule has 0 aliphatic heterocycles. The normalized spacial score (nSPS) is 10.9. The number of hydrogen-bond donors (Lipinski definition) is 1. The zero-order chi connectivity index (χ0) is 21.8. The van der Waals surface area contributed by atoms with Crippen molar-refractivity contribution in [2.75, 3.05) is 6.61 Å². The monoisotopic (exact) mass is 433 g/mol. The predicted molar refractivity (Wildman–Crippen MR) is 121 cm³/mol. The summed E-state index contributed by atoms with van der Waals surface area (Å²) in [7, 11) is 0. The Morgan fingerprint density at radius 2 is 1.77 bits per heavy atom. The second-order valence-corrected chi connectivity index (χ2v) is 8.43. The van der Waals surface area contributed by atoms with Crippen molar-refractivity contribution in [1.29, 1.82) is 0 Å². The maximum absolute atomic E-state index is 12.5. The molecule has 1 N–H and O–H groups in total. The van der Waals surface area contributed by atoms with Gasteiger partial charge in [0.2, 0.25) is 0 Å². The van der Waals surface area contributed by atoms with E-state index in [1.165, 1.54) is 11.3 Å². The van der Waals surface area contributed by atoms with Gasteiger partial charge in [-0.3, -0.25) is 9.48 Å². The van der Waals surface area contributed by atoms with Crippen molar-refractivity contribution in [3.05, 3.63) is 87.9 Å². The van der Waals surface area contributed by atoms with Crippen LogP contribution >= 0.6 is 11.3 Å². The van der Waals surface area contributed by atoms with Crippen molar-refractivity contribution < 1.29 is 14.3 Å². The summed E-state index contributed by atoms with van der Waals surface area (Å²) < 4.78 is 7.12. The minimum Gasteiger partial charge on any atom is -0.451 e. The van der Waals surface area contributed by atoms with Gasteiger partial charge in [0.1, 0.15) is 9.71 Å². The number of esters is 1. The number of aryl methyl sites for hydroxylation is 2. The van der Waals surface area contributed by atoms with Crippen LogP contribution in [-0.4, -0.2) is 28.3 Å². The molecule has 0 unspecified atom stereocenters. The van der Waals surface area contributed by atoms with E-state index in [1.54, 1.807) is 6.07 Å². The highest BCUT2D eigenvalue weighted by Gasteiger charge is 2.18. The topological polar surface area (TPSA) is 73.2 Å². The van der Waals surface area contributed by atoms with E-state index in [4.69, 9.17) is 4.74 Å². The van der Waals surface area contributed by atoms with Crippen molar-refractivity contribution in [3.63, 3.8) is 0 Å². The Balaban J connectivity index is 1.37. The van der Waals surface area contributed by atoms with Gasteiger partial charge in [-0.25, -0.2) is 4.79 Å². The van der Waals surface area contributed by atoms with Crippen LogP contribution in [0.1, 0.15) is 32.1 Å². The number of carbonyl (C=O) groups is 2. The lowest BCUT2D eigenvalue weighted by Gasteiger charge is -2.06. The van der Waals surface area contributed by atoms with Crippen LogP contribution in [-0.2, 0) is 22.6 Å². The second-order valence-electron chi connectivity index (χ2n) is 7.40. The number of carbonyl (C=O) groups excluding carboxylic acids is 2. The highest BCUT2D eigenvalue weighted by atomic mass is 32.1. The molecule has 0 bridgehead atoms. The fraction of sp³-hybridized carbons (Fsp3) is 0.208. The van der Waals surface area contributed by atoms with Crippen LogP contribution in [0.3, 0.4) is 0 Å². The predicted octanol–water partition coefficient (Wildman–Crippen LogP) is 4.24. The molecule has 0 saturated carbocycles. The van der Waals surface area contributed by atoms with Crippen LogP contribution in [0.2, 0.25) is 0 Å². The summed E-state index contributed by atoms with van der Waals surface area (Å²) >= 11 is 1.33. The first-order valence-corrected chi connectivity index (χ1v) is 10.8. The molecule has 4 rings (SSSR count). The summed E-state index contributed by atoms with van der Waals surface area (Å²) in [5.74, 6) is -0.834. The second kappa shape index (κ2) is 9.14. The van der Waals surface area contributed by atoms with Gasteiger partial charge in [-0.05, 0) is 31.0 Å². The van der Waals surface area contributed by atoms with Crippen LogP contribution in [0.5, 0.6) is 0 Å². The molecule has 0 fully saturated rings. The van der Waals surface area contributed by atoms with Gasteiger partial charge in [-0.1, -0.05) is 60.2 Å². The fourth-order valence-electron chi connectivity index (χ4n) is 3.24. The molecule has 6 nitrogen and oxygen atoms in total. The van der Waals surface area contributed by atoms with E-state index in [2.05, 4.69) is 10.4 Å². The van der Waals surface area contributed by atoms with Crippen LogP contribution in [0.25, 0.3) is 10.2 Å². The molecule has 0 aliphatic rings. The lowest BCUT2D eigenvalue weighted by atomic mass is 10.1. The van der Waals surface area contributed by atoms with Gasteiger partial charge in [0, 0.05) is 11.9 Å². The van der Waals surface area contributed by atoms with Crippen molar-refractivity contribution in [1.82, 2.24) is 15.1 Å². The molecule has 0 aliphatic carbocycles. The largest absolute Gasteiger partial charge is 0.451 e. The molecule has 0 atom stereocenters. The lowest BCUT2D eigenvalue weighted by molar-refractivity contribution is -0.124. The molecule has 2 heterocycles. The summed E-state index contributed by atoms with van der Waals surface area (Å²) in [4.78, 5) is 25.9. The third-order valence-corrected chi connectivity index (χ3v) is 6.06. The summed E-state index contributed by atoms with van der Waals surface area (Å²) in [5.41, 5.74) is 4.15. The van der Waals surface area contributed by atoms with Crippen LogP contribution in [0.15, 0.2) is 60.7 Å². The van der Waals surface area contributed by atoms with Gasteiger partial charge < -0.3 is 10.1 Å². The Labute approximate surface area is 184 Å². The molecule has 2 aromatic carbocycles. The summed E-state index contributed by atoms with van der Waals surface area (Å²) in [6, 6.07) is 19.7. The minimum atomic E-state index is -0.502.